The molecule has 0 spiro atoms. The Hall–Kier alpha value is -3.90. The third kappa shape index (κ3) is 4.69. The number of hydrogen-bond acceptors (Lipinski definition) is 8. The predicted molar refractivity (Wildman–Crippen MR) is 104 cm³/mol. The van der Waals surface area contributed by atoms with Crippen LogP contribution in [0.25, 0.3) is 22.6 Å². The Morgan fingerprint density at radius 3 is 2.86 bits per heavy atom. The molecule has 0 bridgehead atoms. The van der Waals surface area contributed by atoms with Gasteiger partial charge in [0, 0.05) is 17.7 Å². The number of rotatable bonds is 7. The normalized spacial score (nSPS) is 11.0. The molecule has 1 aromatic heterocycles. The summed E-state index contributed by atoms with van der Waals surface area (Å²) in [5.41, 5.74) is 0.990. The number of nitrogens with zero attached hydrogens (tertiary/aromatic N) is 4. The second kappa shape index (κ2) is 8.86. The molecule has 0 aliphatic rings. The Kier molecular flexibility index (Phi) is 6.06. The molecule has 1 heterocycles. The molecule has 0 saturated heterocycles. The number of nitriles is 1. The van der Waals surface area contributed by atoms with E-state index in [1.807, 2.05) is 6.07 Å². The number of ether oxygens (including phenoxy) is 2. The monoisotopic (exact) mass is 412 g/mol. The van der Waals surface area contributed by atoms with E-state index < -0.39 is 4.92 Å². The smallest absolute Gasteiger partial charge is 0.270 e. The molecule has 0 unspecified atom stereocenters. The van der Waals surface area contributed by atoms with Gasteiger partial charge in [-0.3, -0.25) is 10.1 Å². The molecule has 3 aromatic rings. The molecule has 0 amide bonds. The molecular weight excluding hydrogens is 400 g/mol. The average Bonchev–Trinajstić information content (AvgIpc) is 3.23. The van der Waals surface area contributed by atoms with Gasteiger partial charge in [0.1, 0.15) is 11.1 Å². The first-order valence-corrected chi connectivity index (χ1v) is 8.53. The molecule has 0 N–H and O–H groups in total. The van der Waals surface area contributed by atoms with Crippen LogP contribution in [0, 0.1) is 21.4 Å². The highest BCUT2D eigenvalue weighted by atomic mass is 35.5. The minimum atomic E-state index is -0.509. The number of halogens is 1. The van der Waals surface area contributed by atoms with Crippen LogP contribution in [-0.2, 0) is 0 Å². The lowest BCUT2D eigenvalue weighted by Gasteiger charge is -2.08. The van der Waals surface area contributed by atoms with E-state index in [4.69, 9.17) is 30.8 Å². The van der Waals surface area contributed by atoms with Crippen molar-refractivity contribution < 1.29 is 18.8 Å². The summed E-state index contributed by atoms with van der Waals surface area (Å²) in [5.74, 6) is 1.01. The molecule has 146 valence electrons. The largest absolute Gasteiger partial charge is 0.493 e. The number of aromatic nitrogens is 2. The maximum Gasteiger partial charge on any atom is 0.270 e. The van der Waals surface area contributed by atoms with Crippen LogP contribution in [0.5, 0.6) is 11.5 Å². The summed E-state index contributed by atoms with van der Waals surface area (Å²) in [5, 5.41) is 27.5. The van der Waals surface area contributed by atoms with E-state index in [0.717, 1.165) is 0 Å². The van der Waals surface area contributed by atoms with Crippen molar-refractivity contribution in [1.82, 2.24) is 10.2 Å². The van der Waals surface area contributed by atoms with Crippen molar-refractivity contribution in [2.45, 2.75) is 0 Å². The lowest BCUT2D eigenvalue weighted by molar-refractivity contribution is -0.384. The zero-order valence-corrected chi connectivity index (χ0v) is 15.8. The Morgan fingerprint density at radius 1 is 1.31 bits per heavy atom. The van der Waals surface area contributed by atoms with E-state index in [1.54, 1.807) is 30.3 Å². The number of methoxy groups -OCH3 is 1. The summed E-state index contributed by atoms with van der Waals surface area (Å²) in [4.78, 5) is 10.4. The second-order valence-electron chi connectivity index (χ2n) is 5.57. The van der Waals surface area contributed by atoms with Gasteiger partial charge in [-0.05, 0) is 29.8 Å². The first kappa shape index (κ1) is 19.9. The standard InChI is InChI=1S/C19H13ClN4O5/c1-27-17-10-12(5-6-16(17)28-8-7-21)9-15(20)19-23-22-18(29-19)13-3-2-4-14(11-13)24(25)26/h2-6,9-11H,8H2,1H3/b15-9-. The summed E-state index contributed by atoms with van der Waals surface area (Å²) in [7, 11) is 1.48. The zero-order valence-electron chi connectivity index (χ0n) is 15.0. The Bertz CT molecular complexity index is 1120. The van der Waals surface area contributed by atoms with Crippen LogP contribution in [0.4, 0.5) is 5.69 Å². The van der Waals surface area contributed by atoms with Crippen molar-refractivity contribution in [3.05, 3.63) is 64.0 Å². The van der Waals surface area contributed by atoms with Gasteiger partial charge in [-0.25, -0.2) is 0 Å². The molecule has 10 heteroatoms. The molecule has 29 heavy (non-hydrogen) atoms. The quantitative estimate of drug-likeness (QED) is 0.415. The van der Waals surface area contributed by atoms with Crippen molar-refractivity contribution in [2.24, 2.45) is 0 Å². The van der Waals surface area contributed by atoms with E-state index in [2.05, 4.69) is 10.2 Å². The van der Waals surface area contributed by atoms with E-state index in [0.29, 0.717) is 22.6 Å². The SMILES string of the molecule is COc1cc(/C=C(\Cl)c2nnc(-c3cccc([N+](=O)[O-])c3)o2)ccc1OCC#N. The Morgan fingerprint density at radius 2 is 2.14 bits per heavy atom. The van der Waals surface area contributed by atoms with Gasteiger partial charge >= 0.3 is 0 Å². The van der Waals surface area contributed by atoms with Gasteiger partial charge < -0.3 is 13.9 Å². The van der Waals surface area contributed by atoms with Crippen molar-refractivity contribution >= 4 is 28.4 Å². The molecule has 0 fully saturated rings. The molecular formula is C19H13ClN4O5. The Labute approximate surface area is 169 Å². The van der Waals surface area contributed by atoms with Crippen LogP contribution in [0.3, 0.4) is 0 Å². The molecule has 0 aliphatic heterocycles. The number of nitro benzene ring substituents is 1. The third-order valence-electron chi connectivity index (χ3n) is 3.71. The molecule has 2 aromatic carbocycles. The highest BCUT2D eigenvalue weighted by Crippen LogP contribution is 2.31. The van der Waals surface area contributed by atoms with E-state index >= 15 is 0 Å². The highest BCUT2D eigenvalue weighted by molar-refractivity contribution is 6.50. The average molecular weight is 413 g/mol. The van der Waals surface area contributed by atoms with Crippen LogP contribution in [-0.4, -0.2) is 28.8 Å². The van der Waals surface area contributed by atoms with Crippen LogP contribution in [0.2, 0.25) is 0 Å². The van der Waals surface area contributed by atoms with Crippen LogP contribution in [0.15, 0.2) is 46.9 Å². The Balaban J connectivity index is 1.85. The maximum absolute atomic E-state index is 10.9. The minimum Gasteiger partial charge on any atom is -0.493 e. The van der Waals surface area contributed by atoms with Gasteiger partial charge in [0.25, 0.3) is 11.6 Å². The molecule has 9 nitrogen and oxygen atoms in total. The van der Waals surface area contributed by atoms with Gasteiger partial charge in [0.05, 0.1) is 12.0 Å². The minimum absolute atomic E-state index is 0.0527. The topological polar surface area (TPSA) is 124 Å². The predicted octanol–water partition coefficient (Wildman–Crippen LogP) is 4.29. The fraction of sp³-hybridized carbons (Fsp3) is 0.105. The van der Waals surface area contributed by atoms with E-state index in [-0.39, 0.29) is 29.1 Å². The van der Waals surface area contributed by atoms with Gasteiger partial charge in [0.15, 0.2) is 18.1 Å². The first-order valence-electron chi connectivity index (χ1n) is 8.15. The van der Waals surface area contributed by atoms with Crippen molar-refractivity contribution in [2.75, 3.05) is 13.7 Å². The zero-order chi connectivity index (χ0) is 20.8. The van der Waals surface area contributed by atoms with Crippen LogP contribution < -0.4 is 9.47 Å². The highest BCUT2D eigenvalue weighted by Gasteiger charge is 2.15. The lowest BCUT2D eigenvalue weighted by atomic mass is 10.2. The maximum atomic E-state index is 10.9. The number of nitro groups is 1. The number of hydrogen-bond donors (Lipinski definition) is 0. The van der Waals surface area contributed by atoms with Crippen LogP contribution >= 0.6 is 11.6 Å². The number of non-ortho nitro benzene ring substituents is 1. The molecule has 0 atom stereocenters. The third-order valence-corrected chi connectivity index (χ3v) is 3.98. The van der Waals surface area contributed by atoms with Crippen molar-refractivity contribution in [1.29, 1.82) is 5.26 Å². The van der Waals surface area contributed by atoms with Crippen molar-refractivity contribution in [3.8, 4) is 29.0 Å². The summed E-state index contributed by atoms with van der Waals surface area (Å²) < 4.78 is 16.1. The lowest BCUT2D eigenvalue weighted by Crippen LogP contribution is -1.96. The summed E-state index contributed by atoms with van der Waals surface area (Å²) in [6, 6.07) is 12.8. The summed E-state index contributed by atoms with van der Waals surface area (Å²) >= 11 is 6.28. The fourth-order valence-corrected chi connectivity index (χ4v) is 2.60. The second-order valence-corrected chi connectivity index (χ2v) is 5.98. The molecule has 0 saturated carbocycles. The fourth-order valence-electron chi connectivity index (χ4n) is 2.40. The van der Waals surface area contributed by atoms with Gasteiger partial charge in [0.2, 0.25) is 5.89 Å². The van der Waals surface area contributed by atoms with E-state index in [9.17, 15) is 10.1 Å². The van der Waals surface area contributed by atoms with Gasteiger partial charge in [-0.2, -0.15) is 5.26 Å². The molecule has 0 aliphatic carbocycles. The van der Waals surface area contributed by atoms with Gasteiger partial charge in [-0.15, -0.1) is 10.2 Å². The van der Waals surface area contributed by atoms with Crippen molar-refractivity contribution in [3.63, 3.8) is 0 Å². The van der Waals surface area contributed by atoms with Gasteiger partial charge in [-0.1, -0.05) is 23.7 Å². The molecule has 0 radical (unpaired) electrons. The molecule has 3 rings (SSSR count). The van der Waals surface area contributed by atoms with E-state index in [1.165, 1.54) is 25.3 Å². The summed E-state index contributed by atoms with van der Waals surface area (Å²) in [6.45, 7) is -0.102. The summed E-state index contributed by atoms with van der Waals surface area (Å²) in [6.07, 6.45) is 1.59. The van der Waals surface area contributed by atoms with Crippen LogP contribution in [0.1, 0.15) is 11.5 Å². The first-order chi connectivity index (χ1) is 14.0. The number of benzene rings is 2.